The molecule has 1 aromatic carbocycles. The van der Waals surface area contributed by atoms with Crippen LogP contribution in [0.3, 0.4) is 0 Å². The second-order valence-corrected chi connectivity index (χ2v) is 4.85. The molecule has 0 atom stereocenters. The van der Waals surface area contributed by atoms with Crippen molar-refractivity contribution in [2.75, 3.05) is 17.6 Å². The SMILES string of the molecule is CCc1nn(C)c(NCCc2cccc(C)c2)c1N. The Labute approximate surface area is 114 Å². The van der Waals surface area contributed by atoms with Crippen molar-refractivity contribution in [1.29, 1.82) is 0 Å². The van der Waals surface area contributed by atoms with Crippen LogP contribution in [0.5, 0.6) is 0 Å². The van der Waals surface area contributed by atoms with Gasteiger partial charge in [0, 0.05) is 13.6 Å². The fourth-order valence-electron chi connectivity index (χ4n) is 2.26. The average Bonchev–Trinajstić information content (AvgIpc) is 2.66. The van der Waals surface area contributed by atoms with Crippen molar-refractivity contribution < 1.29 is 0 Å². The molecule has 0 bridgehead atoms. The number of nitrogens with zero attached hydrogens (tertiary/aromatic N) is 2. The first-order valence-electron chi connectivity index (χ1n) is 6.72. The molecule has 2 aromatic rings. The number of aryl methyl sites for hydroxylation is 3. The van der Waals surface area contributed by atoms with Crippen LogP contribution in [-0.4, -0.2) is 16.3 Å². The highest BCUT2D eigenvalue weighted by atomic mass is 15.3. The van der Waals surface area contributed by atoms with Crippen LogP contribution in [0.25, 0.3) is 0 Å². The van der Waals surface area contributed by atoms with Gasteiger partial charge in [0.05, 0.1) is 11.4 Å². The molecule has 0 unspecified atom stereocenters. The molecule has 3 N–H and O–H groups in total. The van der Waals surface area contributed by atoms with E-state index in [1.807, 2.05) is 11.7 Å². The van der Waals surface area contributed by atoms with Gasteiger partial charge in [-0.2, -0.15) is 5.10 Å². The molecule has 4 nitrogen and oxygen atoms in total. The molecule has 19 heavy (non-hydrogen) atoms. The molecule has 2 rings (SSSR count). The molecule has 0 fully saturated rings. The smallest absolute Gasteiger partial charge is 0.147 e. The summed E-state index contributed by atoms with van der Waals surface area (Å²) >= 11 is 0. The summed E-state index contributed by atoms with van der Waals surface area (Å²) in [6.45, 7) is 5.04. The highest BCUT2D eigenvalue weighted by Gasteiger charge is 2.10. The number of hydrogen-bond acceptors (Lipinski definition) is 3. The lowest BCUT2D eigenvalue weighted by Crippen LogP contribution is -2.10. The third-order valence-electron chi connectivity index (χ3n) is 3.28. The molecule has 1 heterocycles. The Balaban J connectivity index is 1.98. The molecule has 0 saturated heterocycles. The lowest BCUT2D eigenvalue weighted by molar-refractivity contribution is 0.747. The van der Waals surface area contributed by atoms with Crippen LogP contribution in [0.1, 0.15) is 23.7 Å². The van der Waals surface area contributed by atoms with Crippen molar-refractivity contribution in [3.05, 3.63) is 41.1 Å². The second kappa shape index (κ2) is 5.78. The molecule has 0 saturated carbocycles. The maximum absolute atomic E-state index is 6.07. The first-order valence-corrected chi connectivity index (χ1v) is 6.72. The summed E-state index contributed by atoms with van der Waals surface area (Å²) in [6, 6.07) is 8.58. The minimum Gasteiger partial charge on any atom is -0.394 e. The zero-order valence-electron chi connectivity index (χ0n) is 11.9. The summed E-state index contributed by atoms with van der Waals surface area (Å²) in [5.41, 5.74) is 10.4. The largest absolute Gasteiger partial charge is 0.394 e. The van der Waals surface area contributed by atoms with Crippen molar-refractivity contribution in [2.24, 2.45) is 7.05 Å². The predicted octanol–water partition coefficient (Wildman–Crippen LogP) is 2.53. The number of nitrogen functional groups attached to an aromatic ring is 1. The van der Waals surface area contributed by atoms with E-state index in [2.05, 4.69) is 48.5 Å². The molecule has 1 aromatic heterocycles. The van der Waals surface area contributed by atoms with Crippen LogP contribution in [0.2, 0.25) is 0 Å². The lowest BCUT2D eigenvalue weighted by atomic mass is 10.1. The normalized spacial score (nSPS) is 10.7. The van der Waals surface area contributed by atoms with Gasteiger partial charge in [0.1, 0.15) is 5.82 Å². The molecule has 0 aliphatic rings. The third kappa shape index (κ3) is 3.08. The first-order chi connectivity index (χ1) is 9.11. The molecule has 0 radical (unpaired) electrons. The average molecular weight is 258 g/mol. The number of nitrogens with one attached hydrogen (secondary N) is 1. The minimum absolute atomic E-state index is 0.772. The Morgan fingerprint density at radius 2 is 2.16 bits per heavy atom. The van der Waals surface area contributed by atoms with Crippen LogP contribution >= 0.6 is 0 Å². The van der Waals surface area contributed by atoms with E-state index in [1.165, 1.54) is 11.1 Å². The van der Waals surface area contributed by atoms with E-state index in [1.54, 1.807) is 0 Å². The summed E-state index contributed by atoms with van der Waals surface area (Å²) in [4.78, 5) is 0. The fourth-order valence-corrected chi connectivity index (χ4v) is 2.26. The van der Waals surface area contributed by atoms with Gasteiger partial charge in [-0.05, 0) is 25.3 Å². The van der Waals surface area contributed by atoms with Gasteiger partial charge < -0.3 is 11.1 Å². The highest BCUT2D eigenvalue weighted by Crippen LogP contribution is 2.22. The zero-order chi connectivity index (χ0) is 13.8. The van der Waals surface area contributed by atoms with E-state index in [0.717, 1.165) is 36.6 Å². The molecule has 0 spiro atoms. The zero-order valence-corrected chi connectivity index (χ0v) is 11.9. The predicted molar refractivity (Wildman–Crippen MR) is 80.4 cm³/mol. The molecule has 102 valence electrons. The number of benzene rings is 1. The number of hydrogen-bond donors (Lipinski definition) is 2. The Morgan fingerprint density at radius 3 is 2.79 bits per heavy atom. The number of anilines is 2. The fraction of sp³-hybridized carbons (Fsp3) is 0.400. The lowest BCUT2D eigenvalue weighted by Gasteiger charge is -2.08. The van der Waals surface area contributed by atoms with Gasteiger partial charge in [0.25, 0.3) is 0 Å². The summed E-state index contributed by atoms with van der Waals surface area (Å²) in [7, 11) is 1.92. The summed E-state index contributed by atoms with van der Waals surface area (Å²) in [6.07, 6.45) is 1.84. The van der Waals surface area contributed by atoms with Crippen LogP contribution in [0.4, 0.5) is 11.5 Å². The monoisotopic (exact) mass is 258 g/mol. The molecular weight excluding hydrogens is 236 g/mol. The van der Waals surface area contributed by atoms with Crippen molar-refractivity contribution in [1.82, 2.24) is 9.78 Å². The Bertz CT molecular complexity index is 557. The highest BCUT2D eigenvalue weighted by molar-refractivity contribution is 5.65. The quantitative estimate of drug-likeness (QED) is 0.866. The van der Waals surface area contributed by atoms with E-state index in [0.29, 0.717) is 0 Å². The molecule has 0 aliphatic carbocycles. The summed E-state index contributed by atoms with van der Waals surface area (Å²) in [5.74, 6) is 0.921. The second-order valence-electron chi connectivity index (χ2n) is 4.85. The van der Waals surface area contributed by atoms with Gasteiger partial charge in [-0.25, -0.2) is 0 Å². The Hall–Kier alpha value is -1.97. The molecule has 0 aliphatic heterocycles. The van der Waals surface area contributed by atoms with Crippen molar-refractivity contribution in [3.8, 4) is 0 Å². The molecule has 0 amide bonds. The number of nitrogens with two attached hydrogens (primary N) is 1. The summed E-state index contributed by atoms with van der Waals surface area (Å²) < 4.78 is 1.82. The maximum Gasteiger partial charge on any atom is 0.147 e. The van der Waals surface area contributed by atoms with Crippen LogP contribution in [0, 0.1) is 6.92 Å². The van der Waals surface area contributed by atoms with Gasteiger partial charge in [-0.15, -0.1) is 0 Å². The van der Waals surface area contributed by atoms with Crippen LogP contribution in [-0.2, 0) is 19.9 Å². The third-order valence-corrected chi connectivity index (χ3v) is 3.28. The molecular formula is C15H22N4. The van der Waals surface area contributed by atoms with Gasteiger partial charge in [0.15, 0.2) is 0 Å². The van der Waals surface area contributed by atoms with Crippen molar-refractivity contribution in [2.45, 2.75) is 26.7 Å². The van der Waals surface area contributed by atoms with E-state index in [-0.39, 0.29) is 0 Å². The minimum atomic E-state index is 0.772. The van der Waals surface area contributed by atoms with Gasteiger partial charge in [-0.3, -0.25) is 4.68 Å². The van der Waals surface area contributed by atoms with Crippen LogP contribution in [0.15, 0.2) is 24.3 Å². The van der Waals surface area contributed by atoms with Crippen molar-refractivity contribution in [3.63, 3.8) is 0 Å². The molecule has 4 heteroatoms. The maximum atomic E-state index is 6.07. The number of rotatable bonds is 5. The van der Waals surface area contributed by atoms with E-state index in [9.17, 15) is 0 Å². The van der Waals surface area contributed by atoms with Gasteiger partial charge >= 0.3 is 0 Å². The Morgan fingerprint density at radius 1 is 1.37 bits per heavy atom. The van der Waals surface area contributed by atoms with Gasteiger partial charge in [0.2, 0.25) is 0 Å². The van der Waals surface area contributed by atoms with Gasteiger partial charge in [-0.1, -0.05) is 36.8 Å². The standard InChI is InChI=1S/C15H22N4/c1-4-13-14(16)15(19(3)18-13)17-9-8-12-7-5-6-11(2)10-12/h5-7,10,17H,4,8-9,16H2,1-3H3. The number of aromatic nitrogens is 2. The van der Waals surface area contributed by atoms with Crippen LogP contribution < -0.4 is 11.1 Å². The van der Waals surface area contributed by atoms with Crippen molar-refractivity contribution >= 4 is 11.5 Å². The Kier molecular flexibility index (Phi) is 4.10. The topological polar surface area (TPSA) is 55.9 Å². The van der Waals surface area contributed by atoms with E-state index < -0.39 is 0 Å². The summed E-state index contributed by atoms with van der Waals surface area (Å²) in [5, 5.41) is 7.78. The van der Waals surface area contributed by atoms with E-state index in [4.69, 9.17) is 5.73 Å². The van der Waals surface area contributed by atoms with E-state index >= 15 is 0 Å². The first kappa shape index (κ1) is 13.5.